The van der Waals surface area contributed by atoms with Gasteiger partial charge in [-0.15, -0.1) is 0 Å². The van der Waals surface area contributed by atoms with Crippen LogP contribution in [-0.2, 0) is 4.79 Å². The van der Waals surface area contributed by atoms with Crippen LogP contribution in [0.25, 0.3) is 0 Å². The number of carbonyl (C=O) groups is 1. The molecule has 1 saturated carbocycles. The maximum atomic E-state index is 13.1. The lowest BCUT2D eigenvalue weighted by Gasteiger charge is -2.37. The van der Waals surface area contributed by atoms with E-state index in [1.807, 2.05) is 0 Å². The van der Waals surface area contributed by atoms with Gasteiger partial charge in [-0.1, -0.05) is 33.1 Å². The minimum absolute atomic E-state index is 0.220. The molecule has 2 aliphatic heterocycles. The lowest BCUT2D eigenvalue weighted by molar-refractivity contribution is -0.134. The van der Waals surface area contributed by atoms with Crippen molar-refractivity contribution in [2.75, 3.05) is 20.1 Å². The quantitative estimate of drug-likeness (QED) is 0.866. The summed E-state index contributed by atoms with van der Waals surface area (Å²) in [4.78, 5) is 17.7. The number of nitrogens with zero attached hydrogens (tertiary/aromatic N) is 2. The molecule has 120 valence electrons. The van der Waals surface area contributed by atoms with Gasteiger partial charge in [-0.25, -0.2) is 0 Å². The Kier molecular flexibility index (Phi) is 4.28. The minimum atomic E-state index is -0.220. The molecule has 0 radical (unpaired) electrons. The monoisotopic (exact) mass is 293 g/mol. The molecule has 1 aliphatic carbocycles. The number of piperidine rings is 1. The smallest absolute Gasteiger partial charge is 0.244 e. The Morgan fingerprint density at radius 1 is 1.24 bits per heavy atom. The van der Waals surface area contributed by atoms with Gasteiger partial charge in [-0.2, -0.15) is 0 Å². The number of carbonyl (C=O) groups excluding carboxylic acids is 1. The molecular weight excluding hydrogens is 262 g/mol. The van der Waals surface area contributed by atoms with Crippen molar-refractivity contribution in [2.24, 2.45) is 5.92 Å². The van der Waals surface area contributed by atoms with E-state index in [1.165, 1.54) is 38.6 Å². The Bertz CT molecular complexity index is 389. The first-order valence-corrected chi connectivity index (χ1v) is 8.82. The zero-order valence-corrected chi connectivity index (χ0v) is 13.9. The van der Waals surface area contributed by atoms with Crippen molar-refractivity contribution in [1.29, 1.82) is 0 Å². The van der Waals surface area contributed by atoms with Gasteiger partial charge in [0.1, 0.15) is 0 Å². The number of hydrogen-bond acceptors (Lipinski definition) is 3. The summed E-state index contributed by atoms with van der Waals surface area (Å²) in [5, 5.41) is 3.73. The van der Waals surface area contributed by atoms with Gasteiger partial charge in [0, 0.05) is 12.6 Å². The first kappa shape index (κ1) is 15.3. The number of likely N-dealkylation sites (N-methyl/N-ethyl adjacent to an activating group) is 1. The zero-order valence-electron chi connectivity index (χ0n) is 13.9. The highest BCUT2D eigenvalue weighted by atomic mass is 16.2. The molecule has 1 amide bonds. The van der Waals surface area contributed by atoms with E-state index >= 15 is 0 Å². The van der Waals surface area contributed by atoms with Crippen molar-refractivity contribution in [1.82, 2.24) is 15.1 Å². The molecule has 0 aromatic heterocycles. The van der Waals surface area contributed by atoms with Crippen LogP contribution in [0.1, 0.15) is 58.8 Å². The Hall–Kier alpha value is -0.610. The van der Waals surface area contributed by atoms with Crippen LogP contribution < -0.4 is 5.32 Å². The molecule has 2 saturated heterocycles. The largest absolute Gasteiger partial charge is 0.324 e. The average molecular weight is 293 g/mol. The summed E-state index contributed by atoms with van der Waals surface area (Å²) in [5.41, 5.74) is -0.220. The lowest BCUT2D eigenvalue weighted by atomic mass is 9.97. The standard InChI is InChI=1S/C17H31N3O/c1-13(2)15-18-17(9-5-6-10-17)16(21)20(15)12-14-8-4-7-11-19(14)3/h13-15,18H,4-12H2,1-3H3. The van der Waals surface area contributed by atoms with E-state index in [2.05, 4.69) is 36.0 Å². The van der Waals surface area contributed by atoms with Gasteiger partial charge in [0.05, 0.1) is 11.7 Å². The molecule has 0 aromatic rings. The van der Waals surface area contributed by atoms with Gasteiger partial charge in [0.25, 0.3) is 0 Å². The second-order valence-electron chi connectivity index (χ2n) is 7.71. The van der Waals surface area contributed by atoms with Gasteiger partial charge >= 0.3 is 0 Å². The molecular formula is C17H31N3O. The summed E-state index contributed by atoms with van der Waals surface area (Å²) in [7, 11) is 2.22. The fourth-order valence-corrected chi connectivity index (χ4v) is 4.49. The van der Waals surface area contributed by atoms with E-state index in [1.54, 1.807) is 0 Å². The SMILES string of the molecule is CC(C)C1NC2(CCCC2)C(=O)N1CC1CCCCN1C. The van der Waals surface area contributed by atoms with Crippen LogP contribution in [0.2, 0.25) is 0 Å². The summed E-state index contributed by atoms with van der Waals surface area (Å²) >= 11 is 0. The van der Waals surface area contributed by atoms with Crippen molar-refractivity contribution in [3.63, 3.8) is 0 Å². The van der Waals surface area contributed by atoms with E-state index in [4.69, 9.17) is 0 Å². The van der Waals surface area contributed by atoms with Crippen LogP contribution in [0, 0.1) is 5.92 Å². The molecule has 4 heteroatoms. The molecule has 1 spiro atoms. The van der Waals surface area contributed by atoms with Crippen LogP contribution >= 0.6 is 0 Å². The number of amides is 1. The third-order valence-electron chi connectivity index (χ3n) is 5.85. The maximum absolute atomic E-state index is 13.1. The van der Waals surface area contributed by atoms with Crippen molar-refractivity contribution in [3.05, 3.63) is 0 Å². The Morgan fingerprint density at radius 3 is 2.57 bits per heavy atom. The van der Waals surface area contributed by atoms with Crippen molar-refractivity contribution in [2.45, 2.75) is 76.5 Å². The van der Waals surface area contributed by atoms with E-state index in [-0.39, 0.29) is 11.7 Å². The fourth-order valence-electron chi connectivity index (χ4n) is 4.49. The average Bonchev–Trinajstić information content (AvgIpc) is 3.02. The van der Waals surface area contributed by atoms with Gasteiger partial charge in [0.15, 0.2) is 0 Å². The molecule has 2 atom stereocenters. The molecule has 3 aliphatic rings. The molecule has 3 rings (SSSR count). The lowest BCUT2D eigenvalue weighted by Crippen LogP contribution is -2.50. The molecule has 2 unspecified atom stereocenters. The predicted octanol–water partition coefficient (Wildman–Crippen LogP) is 2.20. The molecule has 4 nitrogen and oxygen atoms in total. The third-order valence-corrected chi connectivity index (χ3v) is 5.85. The molecule has 0 aromatic carbocycles. The first-order chi connectivity index (χ1) is 10.0. The maximum Gasteiger partial charge on any atom is 0.244 e. The number of likely N-dealkylation sites (tertiary alicyclic amines) is 1. The highest BCUT2D eigenvalue weighted by Gasteiger charge is 2.53. The molecule has 2 heterocycles. The summed E-state index contributed by atoms with van der Waals surface area (Å²) in [6.07, 6.45) is 8.53. The van der Waals surface area contributed by atoms with Crippen molar-refractivity contribution in [3.8, 4) is 0 Å². The molecule has 21 heavy (non-hydrogen) atoms. The Balaban J connectivity index is 1.76. The zero-order chi connectivity index (χ0) is 15.0. The van der Waals surface area contributed by atoms with Crippen LogP contribution in [0.15, 0.2) is 0 Å². The molecule has 3 fully saturated rings. The fraction of sp³-hybridized carbons (Fsp3) is 0.941. The van der Waals surface area contributed by atoms with Crippen LogP contribution in [0.4, 0.5) is 0 Å². The number of rotatable bonds is 3. The Labute approximate surface area is 129 Å². The highest BCUT2D eigenvalue weighted by molar-refractivity contribution is 5.89. The van der Waals surface area contributed by atoms with Crippen molar-refractivity contribution < 1.29 is 4.79 Å². The van der Waals surface area contributed by atoms with Crippen LogP contribution in [0.3, 0.4) is 0 Å². The predicted molar refractivity (Wildman–Crippen MR) is 84.9 cm³/mol. The number of hydrogen-bond donors (Lipinski definition) is 1. The summed E-state index contributed by atoms with van der Waals surface area (Å²) in [6, 6.07) is 0.544. The second-order valence-corrected chi connectivity index (χ2v) is 7.71. The Morgan fingerprint density at radius 2 is 1.95 bits per heavy atom. The topological polar surface area (TPSA) is 35.6 Å². The summed E-state index contributed by atoms with van der Waals surface area (Å²) in [6.45, 7) is 6.55. The minimum Gasteiger partial charge on any atom is -0.324 e. The molecule has 0 bridgehead atoms. The van der Waals surface area contributed by atoms with E-state index in [0.29, 0.717) is 17.9 Å². The van der Waals surface area contributed by atoms with Gasteiger partial charge in [-0.05, 0) is 45.2 Å². The molecule has 1 N–H and O–H groups in total. The van der Waals surface area contributed by atoms with Gasteiger partial charge in [-0.3, -0.25) is 10.1 Å². The van der Waals surface area contributed by atoms with Gasteiger partial charge < -0.3 is 9.80 Å². The van der Waals surface area contributed by atoms with Gasteiger partial charge in [0.2, 0.25) is 5.91 Å². The first-order valence-electron chi connectivity index (χ1n) is 8.82. The summed E-state index contributed by atoms with van der Waals surface area (Å²) < 4.78 is 0. The highest BCUT2D eigenvalue weighted by Crippen LogP contribution is 2.38. The van der Waals surface area contributed by atoms with Crippen molar-refractivity contribution >= 4 is 5.91 Å². The van der Waals surface area contributed by atoms with E-state index < -0.39 is 0 Å². The van der Waals surface area contributed by atoms with Crippen LogP contribution in [-0.4, -0.2) is 53.6 Å². The number of nitrogens with one attached hydrogen (secondary N) is 1. The van der Waals surface area contributed by atoms with E-state index in [0.717, 1.165) is 19.4 Å². The third kappa shape index (κ3) is 2.72. The second kappa shape index (κ2) is 5.88. The van der Waals surface area contributed by atoms with Crippen LogP contribution in [0.5, 0.6) is 0 Å². The normalized spacial score (nSPS) is 33.5. The summed E-state index contributed by atoms with van der Waals surface area (Å²) in [5.74, 6) is 0.862. The van der Waals surface area contributed by atoms with E-state index in [9.17, 15) is 4.79 Å².